The van der Waals surface area contributed by atoms with Crippen LogP contribution in [-0.4, -0.2) is 61.0 Å². The quantitative estimate of drug-likeness (QED) is 0.267. The molecule has 28 heavy (non-hydrogen) atoms. The predicted molar refractivity (Wildman–Crippen MR) is 93.9 cm³/mol. The highest BCUT2D eigenvalue weighted by Gasteiger charge is 2.44. The van der Waals surface area contributed by atoms with Crippen molar-refractivity contribution in [3.63, 3.8) is 0 Å². The van der Waals surface area contributed by atoms with Crippen molar-refractivity contribution in [2.24, 2.45) is 7.05 Å². The van der Waals surface area contributed by atoms with Crippen LogP contribution >= 0.6 is 0 Å². The molecule has 3 heterocycles. The maximum absolute atomic E-state index is 12.2. The summed E-state index contributed by atoms with van der Waals surface area (Å²) < 4.78 is 7.96. The number of hydrogen-bond donors (Lipinski definition) is 5. The van der Waals surface area contributed by atoms with Gasteiger partial charge in [-0.2, -0.15) is 4.57 Å². The van der Waals surface area contributed by atoms with E-state index >= 15 is 0 Å². The first-order chi connectivity index (χ1) is 13.3. The Balaban J connectivity index is 2.02. The van der Waals surface area contributed by atoms with Crippen molar-refractivity contribution < 1.29 is 29.7 Å². The monoisotopic (exact) mass is 390 g/mol. The normalized spacial score (nSPS) is 27.1. The number of aryl methyl sites for hydroxylation is 1. The molecular formula is C18H20N3O7+. The molecule has 0 spiro atoms. The van der Waals surface area contributed by atoms with Gasteiger partial charge in [-0.05, 0) is 12.0 Å². The van der Waals surface area contributed by atoms with Gasteiger partial charge in [-0.1, -0.05) is 0 Å². The molecule has 1 fully saturated rings. The van der Waals surface area contributed by atoms with Crippen LogP contribution in [0.1, 0.15) is 17.5 Å². The number of H-pyrrole nitrogens is 1. The van der Waals surface area contributed by atoms with E-state index < -0.39 is 48.5 Å². The van der Waals surface area contributed by atoms with E-state index in [1.807, 2.05) is 6.07 Å². The molecule has 0 saturated carbocycles. The number of hydrogen-bond acceptors (Lipinski definition) is 7. The van der Waals surface area contributed by atoms with Crippen molar-refractivity contribution in [2.75, 3.05) is 6.61 Å². The SMILES string of the molecule is C[n+]1ccccc1C#Cc1cn([C@@H]2O[C@H](CO)[C@@H](O)[C@H](O)[C@H]2O)c(=O)[nH]c1=O. The Bertz CT molecular complexity index is 1030. The van der Waals surface area contributed by atoms with Crippen LogP contribution in [0.2, 0.25) is 0 Å². The lowest BCUT2D eigenvalue weighted by atomic mass is 9.98. The van der Waals surface area contributed by atoms with Gasteiger partial charge in [0.15, 0.2) is 12.4 Å². The molecule has 5 atom stereocenters. The highest BCUT2D eigenvalue weighted by atomic mass is 16.6. The van der Waals surface area contributed by atoms with Gasteiger partial charge in [0, 0.05) is 24.3 Å². The van der Waals surface area contributed by atoms with Gasteiger partial charge in [-0.15, -0.1) is 0 Å². The maximum atomic E-state index is 12.2. The molecule has 10 nitrogen and oxygen atoms in total. The Kier molecular flexibility index (Phi) is 5.73. The summed E-state index contributed by atoms with van der Waals surface area (Å²) in [6.07, 6.45) is -4.64. The number of aromatic nitrogens is 3. The van der Waals surface area contributed by atoms with E-state index in [0.717, 1.165) is 10.8 Å². The molecule has 0 radical (unpaired) electrons. The summed E-state index contributed by atoms with van der Waals surface area (Å²) in [5.74, 6) is 5.48. The molecule has 0 amide bonds. The smallest absolute Gasteiger partial charge is 0.330 e. The molecule has 2 aromatic heterocycles. The third-order valence-electron chi connectivity index (χ3n) is 4.49. The zero-order valence-corrected chi connectivity index (χ0v) is 14.9. The minimum absolute atomic E-state index is 0.0691. The summed E-state index contributed by atoms with van der Waals surface area (Å²) in [5, 5.41) is 39.3. The average Bonchev–Trinajstić information content (AvgIpc) is 2.67. The number of pyridine rings is 1. The number of nitrogens with one attached hydrogen (secondary N) is 1. The van der Waals surface area contributed by atoms with Crippen LogP contribution in [0.5, 0.6) is 0 Å². The van der Waals surface area contributed by atoms with E-state index in [-0.39, 0.29) is 5.56 Å². The van der Waals surface area contributed by atoms with Crippen LogP contribution in [0.4, 0.5) is 0 Å². The van der Waals surface area contributed by atoms with Gasteiger partial charge in [0.05, 0.1) is 6.61 Å². The summed E-state index contributed by atoms with van der Waals surface area (Å²) in [6, 6.07) is 5.34. The molecule has 148 valence electrons. The van der Waals surface area contributed by atoms with Crippen molar-refractivity contribution in [1.82, 2.24) is 9.55 Å². The highest BCUT2D eigenvalue weighted by Crippen LogP contribution is 2.27. The second kappa shape index (κ2) is 8.05. The number of nitrogens with zero attached hydrogens (tertiary/aromatic N) is 2. The van der Waals surface area contributed by atoms with Crippen molar-refractivity contribution in [3.05, 3.63) is 62.7 Å². The third-order valence-corrected chi connectivity index (χ3v) is 4.49. The summed E-state index contributed by atoms with van der Waals surface area (Å²) in [7, 11) is 1.78. The molecule has 0 unspecified atom stereocenters. The van der Waals surface area contributed by atoms with E-state index in [9.17, 15) is 30.0 Å². The molecular weight excluding hydrogens is 370 g/mol. The minimum atomic E-state index is -1.67. The second-order valence-electron chi connectivity index (χ2n) is 6.38. The fraction of sp³-hybridized carbons (Fsp3) is 0.389. The van der Waals surface area contributed by atoms with E-state index in [0.29, 0.717) is 5.69 Å². The van der Waals surface area contributed by atoms with Gasteiger partial charge in [0.1, 0.15) is 37.0 Å². The van der Waals surface area contributed by atoms with Crippen molar-refractivity contribution in [2.45, 2.75) is 30.6 Å². The van der Waals surface area contributed by atoms with Crippen LogP contribution in [0.25, 0.3) is 0 Å². The maximum Gasteiger partial charge on any atom is 0.330 e. The molecule has 5 N–H and O–H groups in total. The minimum Gasteiger partial charge on any atom is -0.394 e. The van der Waals surface area contributed by atoms with Gasteiger partial charge in [0.25, 0.3) is 11.3 Å². The van der Waals surface area contributed by atoms with Crippen molar-refractivity contribution in [1.29, 1.82) is 0 Å². The van der Waals surface area contributed by atoms with Crippen LogP contribution in [-0.2, 0) is 11.8 Å². The average molecular weight is 390 g/mol. The topological polar surface area (TPSA) is 149 Å². The second-order valence-corrected chi connectivity index (χ2v) is 6.38. The molecule has 1 aliphatic rings. The number of ether oxygens (including phenoxy) is 1. The molecule has 2 aromatic rings. The van der Waals surface area contributed by atoms with Crippen LogP contribution in [0, 0.1) is 11.8 Å². The van der Waals surface area contributed by atoms with Gasteiger partial charge >= 0.3 is 5.69 Å². The molecule has 3 rings (SSSR count). The molecule has 1 aliphatic heterocycles. The molecule has 10 heteroatoms. The first-order valence-corrected chi connectivity index (χ1v) is 8.46. The Labute approximate surface area is 158 Å². The molecule has 0 aliphatic carbocycles. The van der Waals surface area contributed by atoms with E-state index in [1.165, 1.54) is 0 Å². The van der Waals surface area contributed by atoms with E-state index in [1.54, 1.807) is 29.9 Å². The number of aromatic amines is 1. The number of aliphatic hydroxyl groups excluding tert-OH is 4. The largest absolute Gasteiger partial charge is 0.394 e. The zero-order chi connectivity index (χ0) is 20.4. The Morgan fingerprint density at radius 2 is 1.93 bits per heavy atom. The Morgan fingerprint density at radius 3 is 2.61 bits per heavy atom. The lowest BCUT2D eigenvalue weighted by molar-refractivity contribution is -0.673. The molecule has 0 aromatic carbocycles. The van der Waals surface area contributed by atoms with Gasteiger partial charge < -0.3 is 25.2 Å². The van der Waals surface area contributed by atoms with Gasteiger partial charge in [0.2, 0.25) is 0 Å². The summed E-state index contributed by atoms with van der Waals surface area (Å²) in [4.78, 5) is 26.4. The van der Waals surface area contributed by atoms with Crippen LogP contribution in [0.3, 0.4) is 0 Å². The summed E-state index contributed by atoms with van der Waals surface area (Å²) in [6.45, 7) is -0.642. The zero-order valence-electron chi connectivity index (χ0n) is 14.9. The molecule has 1 saturated heterocycles. The lowest BCUT2D eigenvalue weighted by Gasteiger charge is -2.40. The van der Waals surface area contributed by atoms with Crippen molar-refractivity contribution >= 4 is 0 Å². The van der Waals surface area contributed by atoms with Crippen LogP contribution in [0.15, 0.2) is 40.2 Å². The van der Waals surface area contributed by atoms with Crippen LogP contribution < -0.4 is 15.8 Å². The number of aliphatic hydroxyl groups is 4. The van der Waals surface area contributed by atoms with E-state index in [4.69, 9.17) is 4.74 Å². The Hall–Kier alpha value is -2.81. The lowest BCUT2D eigenvalue weighted by Crippen LogP contribution is -2.58. The standard InChI is InChI=1S/C18H19N3O7/c1-20-7-3-2-4-11(20)6-5-10-8-21(18(27)19-16(10)26)17-15(25)14(24)13(23)12(9-22)28-17/h2-4,7-8,12-15,17,22-25H,9H2,1H3/p+1/t12-,13-,14+,15-,17-/m1/s1. The predicted octanol–water partition coefficient (Wildman–Crippen LogP) is -3.27. The summed E-state index contributed by atoms with van der Waals surface area (Å²) in [5.41, 5.74) is -1.07. The van der Waals surface area contributed by atoms with Gasteiger partial charge in [-0.25, -0.2) is 4.79 Å². The van der Waals surface area contributed by atoms with Gasteiger partial charge in [-0.3, -0.25) is 14.3 Å². The van der Waals surface area contributed by atoms with Crippen molar-refractivity contribution in [3.8, 4) is 11.8 Å². The van der Waals surface area contributed by atoms with E-state index in [2.05, 4.69) is 16.8 Å². The molecule has 0 bridgehead atoms. The first-order valence-electron chi connectivity index (χ1n) is 8.46. The first kappa shape index (κ1) is 19.9. The third kappa shape index (κ3) is 3.75. The number of rotatable bonds is 2. The highest BCUT2D eigenvalue weighted by molar-refractivity contribution is 5.35. The Morgan fingerprint density at radius 1 is 1.18 bits per heavy atom. The fourth-order valence-electron chi connectivity index (χ4n) is 2.86. The fourth-order valence-corrected chi connectivity index (χ4v) is 2.86. The summed E-state index contributed by atoms with van der Waals surface area (Å²) >= 11 is 0.